The van der Waals surface area contributed by atoms with Gasteiger partial charge in [-0.3, -0.25) is 0 Å². The molecule has 0 unspecified atom stereocenters. The lowest BCUT2D eigenvalue weighted by Crippen LogP contribution is -3.05. The molecule has 6 heteroatoms. The van der Waals surface area contributed by atoms with E-state index in [1.807, 2.05) is 18.2 Å². The molecule has 0 bridgehead atoms. The second-order valence-corrected chi connectivity index (χ2v) is 5.20. The van der Waals surface area contributed by atoms with Crippen molar-refractivity contribution in [2.24, 2.45) is 0 Å². The van der Waals surface area contributed by atoms with Crippen LogP contribution in [-0.2, 0) is 0 Å². The first-order valence-electron chi connectivity index (χ1n) is 6.62. The van der Waals surface area contributed by atoms with Gasteiger partial charge < -0.3 is 25.0 Å². The molecule has 0 atom stereocenters. The number of methoxy groups -OCH3 is 2. The van der Waals surface area contributed by atoms with Crippen LogP contribution in [0.4, 0.5) is 5.69 Å². The van der Waals surface area contributed by atoms with Gasteiger partial charge >= 0.3 is 0 Å². The number of hydrogen-bond donors (Lipinski definition) is 3. The summed E-state index contributed by atoms with van der Waals surface area (Å²) in [5.74, 6) is 1.46. The van der Waals surface area contributed by atoms with Crippen molar-refractivity contribution in [2.75, 3.05) is 46.7 Å². The molecular weight excluding hydrogens is 274 g/mol. The quantitative estimate of drug-likeness (QED) is 0.506. The largest absolute Gasteiger partial charge is 0.497 e. The summed E-state index contributed by atoms with van der Waals surface area (Å²) in [5, 5.41) is 6.93. The van der Waals surface area contributed by atoms with Crippen molar-refractivity contribution >= 4 is 23.0 Å². The summed E-state index contributed by atoms with van der Waals surface area (Å²) in [5.41, 5.74) is 0.844. The summed E-state index contributed by atoms with van der Waals surface area (Å²) in [6.07, 6.45) is 1.07. The zero-order valence-electron chi connectivity index (χ0n) is 12.6. The van der Waals surface area contributed by atoms with Crippen LogP contribution in [0.3, 0.4) is 0 Å². The van der Waals surface area contributed by atoms with Gasteiger partial charge in [-0.05, 0) is 12.2 Å². The van der Waals surface area contributed by atoms with E-state index in [4.69, 9.17) is 21.7 Å². The molecule has 20 heavy (non-hydrogen) atoms. The molecule has 0 heterocycles. The summed E-state index contributed by atoms with van der Waals surface area (Å²) < 4.78 is 10.4. The molecule has 112 valence electrons. The highest BCUT2D eigenvalue weighted by molar-refractivity contribution is 7.80. The van der Waals surface area contributed by atoms with Gasteiger partial charge in [-0.2, -0.15) is 0 Å². The van der Waals surface area contributed by atoms with Crippen molar-refractivity contribution in [2.45, 2.75) is 6.42 Å². The van der Waals surface area contributed by atoms with Crippen LogP contribution in [0, 0.1) is 0 Å². The summed E-state index contributed by atoms with van der Waals surface area (Å²) in [4.78, 5) is 1.43. The van der Waals surface area contributed by atoms with Crippen molar-refractivity contribution in [1.82, 2.24) is 5.32 Å². The third-order valence-corrected chi connectivity index (χ3v) is 2.99. The molecule has 0 saturated heterocycles. The van der Waals surface area contributed by atoms with Crippen molar-refractivity contribution in [3.05, 3.63) is 18.2 Å². The monoisotopic (exact) mass is 298 g/mol. The first kappa shape index (κ1) is 16.5. The summed E-state index contributed by atoms with van der Waals surface area (Å²) >= 11 is 5.26. The molecule has 0 radical (unpaired) electrons. The first-order valence-corrected chi connectivity index (χ1v) is 7.03. The fraction of sp³-hybridized carbons (Fsp3) is 0.500. The van der Waals surface area contributed by atoms with Crippen LogP contribution in [-0.4, -0.2) is 46.5 Å². The maximum absolute atomic E-state index is 5.26. The number of rotatable bonds is 7. The number of benzene rings is 1. The number of ether oxygens (including phenoxy) is 2. The van der Waals surface area contributed by atoms with E-state index < -0.39 is 0 Å². The fourth-order valence-corrected chi connectivity index (χ4v) is 1.92. The molecule has 1 aromatic rings. The van der Waals surface area contributed by atoms with Crippen molar-refractivity contribution in [1.29, 1.82) is 0 Å². The predicted molar refractivity (Wildman–Crippen MR) is 86.1 cm³/mol. The Morgan fingerprint density at radius 3 is 2.25 bits per heavy atom. The fourth-order valence-electron chi connectivity index (χ4n) is 1.70. The number of hydrogen-bond acceptors (Lipinski definition) is 3. The van der Waals surface area contributed by atoms with E-state index in [-0.39, 0.29) is 0 Å². The molecule has 5 nitrogen and oxygen atoms in total. The smallest absolute Gasteiger partial charge is 0.170 e. The van der Waals surface area contributed by atoms with Crippen LogP contribution in [0.25, 0.3) is 0 Å². The predicted octanol–water partition coefficient (Wildman–Crippen LogP) is 0.525. The van der Waals surface area contributed by atoms with Crippen LogP contribution in [0.5, 0.6) is 11.5 Å². The van der Waals surface area contributed by atoms with Gasteiger partial charge in [0.15, 0.2) is 5.11 Å². The molecule has 0 amide bonds. The lowest BCUT2D eigenvalue weighted by atomic mass is 10.3. The lowest BCUT2D eigenvalue weighted by Gasteiger charge is -2.13. The standard InChI is InChI=1S/C14H23N3O2S/c1-17(2)7-5-6-15-14(20)16-11-8-12(18-3)10-13(9-11)19-4/h8-10H,5-7H2,1-4H3,(H2,15,16,20)/p+1. The Labute approximate surface area is 126 Å². The van der Waals surface area contributed by atoms with Gasteiger partial charge in [-0.25, -0.2) is 0 Å². The number of nitrogens with one attached hydrogen (secondary N) is 3. The average molecular weight is 298 g/mol. The SMILES string of the molecule is COc1cc(NC(=S)NCCC[NH+](C)C)cc(OC)c1. The number of quaternary nitrogens is 1. The van der Waals surface area contributed by atoms with Gasteiger partial charge in [0.1, 0.15) is 11.5 Å². The van der Waals surface area contributed by atoms with E-state index in [1.165, 1.54) is 4.90 Å². The van der Waals surface area contributed by atoms with Crippen molar-refractivity contribution in [3.63, 3.8) is 0 Å². The summed E-state index contributed by atoms with van der Waals surface area (Å²) in [6, 6.07) is 5.57. The average Bonchev–Trinajstić information content (AvgIpc) is 2.42. The molecule has 0 fully saturated rings. The Morgan fingerprint density at radius 2 is 1.75 bits per heavy atom. The van der Waals surface area contributed by atoms with Crippen molar-refractivity contribution < 1.29 is 14.4 Å². The second-order valence-electron chi connectivity index (χ2n) is 4.79. The molecule has 0 saturated carbocycles. The van der Waals surface area contributed by atoms with Gasteiger partial charge in [-0.15, -0.1) is 0 Å². The normalized spacial score (nSPS) is 10.2. The molecule has 0 aliphatic rings. The molecule has 0 spiro atoms. The van der Waals surface area contributed by atoms with E-state index in [1.54, 1.807) is 14.2 Å². The van der Waals surface area contributed by atoms with Gasteiger partial charge in [0.05, 0.1) is 34.9 Å². The molecule has 3 N–H and O–H groups in total. The number of anilines is 1. The van der Waals surface area contributed by atoms with E-state index in [2.05, 4.69) is 24.7 Å². The summed E-state index contributed by atoms with van der Waals surface area (Å²) in [7, 11) is 7.52. The molecule has 0 aliphatic heterocycles. The Hall–Kier alpha value is -1.53. The van der Waals surface area contributed by atoms with Crippen LogP contribution in [0.2, 0.25) is 0 Å². The highest BCUT2D eigenvalue weighted by Gasteiger charge is 2.03. The molecular formula is C14H24N3O2S+. The zero-order chi connectivity index (χ0) is 15.0. The van der Waals surface area contributed by atoms with Crippen LogP contribution >= 0.6 is 12.2 Å². The van der Waals surface area contributed by atoms with Gasteiger partial charge in [0, 0.05) is 36.9 Å². The minimum absolute atomic E-state index is 0.606. The zero-order valence-corrected chi connectivity index (χ0v) is 13.4. The Bertz CT molecular complexity index is 416. The van der Waals surface area contributed by atoms with E-state index in [0.717, 1.165) is 36.7 Å². The Morgan fingerprint density at radius 1 is 1.15 bits per heavy atom. The van der Waals surface area contributed by atoms with Crippen LogP contribution in [0.1, 0.15) is 6.42 Å². The maximum Gasteiger partial charge on any atom is 0.170 e. The minimum atomic E-state index is 0.606. The van der Waals surface area contributed by atoms with Crippen LogP contribution in [0.15, 0.2) is 18.2 Å². The lowest BCUT2D eigenvalue weighted by molar-refractivity contribution is -0.858. The molecule has 1 aromatic carbocycles. The molecule has 1 rings (SSSR count). The van der Waals surface area contributed by atoms with E-state index in [9.17, 15) is 0 Å². The topological polar surface area (TPSA) is 47.0 Å². The molecule has 0 aromatic heterocycles. The first-order chi connectivity index (χ1) is 9.55. The van der Waals surface area contributed by atoms with E-state index >= 15 is 0 Å². The third-order valence-electron chi connectivity index (χ3n) is 2.75. The summed E-state index contributed by atoms with van der Waals surface area (Å²) in [6.45, 7) is 1.97. The highest BCUT2D eigenvalue weighted by Crippen LogP contribution is 2.25. The maximum atomic E-state index is 5.26. The van der Waals surface area contributed by atoms with Crippen LogP contribution < -0.4 is 25.0 Å². The second kappa shape index (κ2) is 8.60. The van der Waals surface area contributed by atoms with Gasteiger partial charge in [0.2, 0.25) is 0 Å². The number of thiocarbonyl (C=S) groups is 1. The Kier molecular flexibility index (Phi) is 7.11. The van der Waals surface area contributed by atoms with Gasteiger partial charge in [-0.1, -0.05) is 0 Å². The van der Waals surface area contributed by atoms with Gasteiger partial charge in [0.25, 0.3) is 0 Å². The Balaban J connectivity index is 2.48. The minimum Gasteiger partial charge on any atom is -0.497 e. The molecule has 0 aliphatic carbocycles. The van der Waals surface area contributed by atoms with Crippen molar-refractivity contribution in [3.8, 4) is 11.5 Å². The highest BCUT2D eigenvalue weighted by atomic mass is 32.1. The van der Waals surface area contributed by atoms with E-state index in [0.29, 0.717) is 5.11 Å². The third kappa shape index (κ3) is 6.08.